The quantitative estimate of drug-likeness (QED) is 0.837. The van der Waals surface area contributed by atoms with Gasteiger partial charge in [-0.2, -0.15) is 0 Å². The molecule has 1 atom stereocenters. The van der Waals surface area contributed by atoms with E-state index in [0.29, 0.717) is 25.7 Å². The molecule has 0 radical (unpaired) electrons. The number of hydrogen-bond donors (Lipinski definition) is 2. The van der Waals surface area contributed by atoms with Crippen LogP contribution >= 0.6 is 15.9 Å². The lowest BCUT2D eigenvalue weighted by atomic mass is 9.81. The summed E-state index contributed by atoms with van der Waals surface area (Å²) >= 11 is 3.52. The van der Waals surface area contributed by atoms with Crippen molar-refractivity contribution in [1.82, 2.24) is 5.32 Å². The van der Waals surface area contributed by atoms with Crippen molar-refractivity contribution in [2.75, 3.05) is 0 Å². The lowest BCUT2D eigenvalue weighted by molar-refractivity contribution is -0.144. The van der Waals surface area contributed by atoms with Crippen LogP contribution in [0.1, 0.15) is 38.2 Å². The first kappa shape index (κ1) is 17.0. The zero-order valence-corrected chi connectivity index (χ0v) is 14.3. The van der Waals surface area contributed by atoms with Crippen LogP contribution in [0.3, 0.4) is 0 Å². The highest BCUT2D eigenvalue weighted by molar-refractivity contribution is 9.10. The molecule has 2 rings (SSSR count). The van der Waals surface area contributed by atoms with Gasteiger partial charge in [0.05, 0.1) is 5.92 Å². The number of benzene rings is 1. The standard InChI is InChI=1S/C17H22BrNO3/c1-11(10-14-4-2-3-5-15(14)18)19-16(20)12-6-8-13(9-7-12)17(21)22/h2-5,11-13H,6-10H2,1H3,(H,19,20)(H,21,22). The molecule has 1 aliphatic carbocycles. The van der Waals surface area contributed by atoms with Crippen molar-refractivity contribution in [2.45, 2.75) is 45.1 Å². The maximum atomic E-state index is 12.3. The smallest absolute Gasteiger partial charge is 0.306 e. The van der Waals surface area contributed by atoms with E-state index in [9.17, 15) is 9.59 Å². The fourth-order valence-electron chi connectivity index (χ4n) is 3.01. The average Bonchev–Trinajstić information content (AvgIpc) is 2.49. The van der Waals surface area contributed by atoms with Crippen LogP contribution in [0.15, 0.2) is 28.7 Å². The van der Waals surface area contributed by atoms with Gasteiger partial charge in [-0.25, -0.2) is 0 Å². The van der Waals surface area contributed by atoms with Crippen LogP contribution in [0.4, 0.5) is 0 Å². The van der Waals surface area contributed by atoms with Crippen molar-refractivity contribution in [3.05, 3.63) is 34.3 Å². The Morgan fingerprint density at radius 3 is 2.41 bits per heavy atom. The number of carbonyl (C=O) groups is 2. The molecule has 120 valence electrons. The van der Waals surface area contributed by atoms with Crippen LogP contribution in [0.5, 0.6) is 0 Å². The molecule has 0 bridgehead atoms. The van der Waals surface area contributed by atoms with Gasteiger partial charge in [0.25, 0.3) is 0 Å². The van der Waals surface area contributed by atoms with Crippen LogP contribution in [-0.2, 0) is 16.0 Å². The van der Waals surface area contributed by atoms with Crippen molar-refractivity contribution in [3.8, 4) is 0 Å². The van der Waals surface area contributed by atoms with Gasteiger partial charge in [0, 0.05) is 16.4 Å². The summed E-state index contributed by atoms with van der Waals surface area (Å²) in [6, 6.07) is 8.06. The van der Waals surface area contributed by atoms with Gasteiger partial charge in [0.15, 0.2) is 0 Å². The van der Waals surface area contributed by atoms with Crippen LogP contribution in [-0.4, -0.2) is 23.0 Å². The Morgan fingerprint density at radius 1 is 1.23 bits per heavy atom. The van der Waals surface area contributed by atoms with Crippen molar-refractivity contribution < 1.29 is 14.7 Å². The molecule has 2 N–H and O–H groups in total. The molecular weight excluding hydrogens is 346 g/mol. The summed E-state index contributed by atoms with van der Waals surface area (Å²) in [6.07, 6.45) is 3.32. The van der Waals surface area contributed by atoms with E-state index >= 15 is 0 Å². The number of hydrogen-bond acceptors (Lipinski definition) is 2. The Morgan fingerprint density at radius 2 is 1.82 bits per heavy atom. The Labute approximate surface area is 139 Å². The third-order valence-electron chi connectivity index (χ3n) is 4.32. The highest BCUT2D eigenvalue weighted by atomic mass is 79.9. The van der Waals surface area contributed by atoms with Gasteiger partial charge in [-0.1, -0.05) is 34.1 Å². The van der Waals surface area contributed by atoms with Gasteiger partial charge in [-0.3, -0.25) is 9.59 Å². The van der Waals surface area contributed by atoms with Gasteiger partial charge in [0.2, 0.25) is 5.91 Å². The molecular formula is C17H22BrNO3. The minimum atomic E-state index is -0.735. The summed E-state index contributed by atoms with van der Waals surface area (Å²) in [5.74, 6) is -0.997. The van der Waals surface area contributed by atoms with Gasteiger partial charge < -0.3 is 10.4 Å². The second-order valence-corrected chi connectivity index (χ2v) is 6.95. The molecule has 0 heterocycles. The topological polar surface area (TPSA) is 66.4 Å². The maximum Gasteiger partial charge on any atom is 0.306 e. The summed E-state index contributed by atoms with van der Waals surface area (Å²) in [5, 5.41) is 12.1. The highest BCUT2D eigenvalue weighted by Gasteiger charge is 2.30. The molecule has 1 saturated carbocycles. The van der Waals surface area contributed by atoms with E-state index in [1.807, 2.05) is 31.2 Å². The molecule has 4 nitrogen and oxygen atoms in total. The molecule has 1 unspecified atom stereocenters. The highest BCUT2D eigenvalue weighted by Crippen LogP contribution is 2.29. The summed E-state index contributed by atoms with van der Waals surface area (Å²) in [4.78, 5) is 23.2. The van der Waals surface area contributed by atoms with E-state index in [-0.39, 0.29) is 23.8 Å². The molecule has 1 aromatic rings. The minimum Gasteiger partial charge on any atom is -0.481 e. The number of nitrogens with one attached hydrogen (secondary N) is 1. The van der Waals surface area contributed by atoms with Gasteiger partial charge >= 0.3 is 5.97 Å². The predicted molar refractivity (Wildman–Crippen MR) is 88.5 cm³/mol. The number of amides is 1. The normalized spacial score (nSPS) is 22.8. The Hall–Kier alpha value is -1.36. The first-order chi connectivity index (χ1) is 10.5. The van der Waals surface area contributed by atoms with E-state index in [4.69, 9.17) is 5.11 Å². The Kier molecular flexibility index (Phi) is 6.00. The van der Waals surface area contributed by atoms with E-state index in [0.717, 1.165) is 10.9 Å². The van der Waals surface area contributed by atoms with Crippen LogP contribution < -0.4 is 5.32 Å². The van der Waals surface area contributed by atoms with E-state index in [2.05, 4.69) is 21.2 Å². The summed E-state index contributed by atoms with van der Waals surface area (Å²) < 4.78 is 1.05. The maximum absolute atomic E-state index is 12.3. The third-order valence-corrected chi connectivity index (χ3v) is 5.09. The fourth-order valence-corrected chi connectivity index (χ4v) is 3.45. The number of carbonyl (C=O) groups excluding carboxylic acids is 1. The largest absolute Gasteiger partial charge is 0.481 e. The first-order valence-electron chi connectivity index (χ1n) is 7.74. The molecule has 5 heteroatoms. The van der Waals surface area contributed by atoms with Crippen molar-refractivity contribution in [3.63, 3.8) is 0 Å². The summed E-state index contributed by atoms with van der Waals surface area (Å²) in [5.41, 5.74) is 1.17. The van der Waals surface area contributed by atoms with Crippen LogP contribution in [0.2, 0.25) is 0 Å². The lowest BCUT2D eigenvalue weighted by Gasteiger charge is -2.26. The van der Waals surface area contributed by atoms with Crippen LogP contribution in [0, 0.1) is 11.8 Å². The van der Waals surface area contributed by atoms with Crippen molar-refractivity contribution >= 4 is 27.8 Å². The summed E-state index contributed by atoms with van der Waals surface area (Å²) in [6.45, 7) is 2.00. The van der Waals surface area contributed by atoms with Crippen molar-refractivity contribution in [2.24, 2.45) is 11.8 Å². The number of carboxylic acids is 1. The van der Waals surface area contributed by atoms with E-state index in [1.54, 1.807) is 0 Å². The predicted octanol–water partition coefficient (Wildman–Crippen LogP) is 3.39. The molecule has 0 saturated heterocycles. The zero-order chi connectivity index (χ0) is 16.1. The third kappa shape index (κ3) is 4.57. The Balaban J connectivity index is 1.82. The van der Waals surface area contributed by atoms with Crippen molar-refractivity contribution in [1.29, 1.82) is 0 Å². The van der Waals surface area contributed by atoms with Crippen LogP contribution in [0.25, 0.3) is 0 Å². The second-order valence-electron chi connectivity index (χ2n) is 6.09. The fraction of sp³-hybridized carbons (Fsp3) is 0.529. The van der Waals surface area contributed by atoms with Gasteiger partial charge in [-0.05, 0) is 50.7 Å². The SMILES string of the molecule is CC(Cc1ccccc1Br)NC(=O)C1CCC(C(=O)O)CC1. The minimum absolute atomic E-state index is 0.0442. The molecule has 22 heavy (non-hydrogen) atoms. The molecule has 1 aliphatic rings. The van der Waals surface area contributed by atoms with E-state index in [1.165, 1.54) is 5.56 Å². The molecule has 1 amide bonds. The van der Waals surface area contributed by atoms with Gasteiger partial charge in [-0.15, -0.1) is 0 Å². The molecule has 0 aromatic heterocycles. The van der Waals surface area contributed by atoms with Gasteiger partial charge in [0.1, 0.15) is 0 Å². The number of halogens is 1. The average molecular weight is 368 g/mol. The number of rotatable bonds is 5. The number of aliphatic carboxylic acids is 1. The van der Waals surface area contributed by atoms with E-state index < -0.39 is 5.97 Å². The Bertz CT molecular complexity index is 538. The molecule has 1 aromatic carbocycles. The molecule has 1 fully saturated rings. The number of carboxylic acid groups (broad SMARTS) is 1. The second kappa shape index (κ2) is 7.77. The molecule has 0 aliphatic heterocycles. The monoisotopic (exact) mass is 367 g/mol. The first-order valence-corrected chi connectivity index (χ1v) is 8.53. The summed E-state index contributed by atoms with van der Waals surface area (Å²) in [7, 11) is 0. The zero-order valence-electron chi connectivity index (χ0n) is 12.7. The molecule has 0 spiro atoms. The lowest BCUT2D eigenvalue weighted by Crippen LogP contribution is -2.40.